The van der Waals surface area contributed by atoms with Crippen LogP contribution in [0.3, 0.4) is 0 Å². The van der Waals surface area contributed by atoms with Gasteiger partial charge in [-0.2, -0.15) is 0 Å². The molecule has 0 atom stereocenters. The lowest BCUT2D eigenvalue weighted by Crippen LogP contribution is -2.44. The first kappa shape index (κ1) is 19.1. The van der Waals surface area contributed by atoms with Crippen molar-refractivity contribution >= 4 is 44.7 Å². The van der Waals surface area contributed by atoms with Crippen molar-refractivity contribution in [1.29, 1.82) is 0 Å². The molecule has 4 aromatic rings. The number of rotatable bonds is 3. The molecule has 0 saturated heterocycles. The van der Waals surface area contributed by atoms with Crippen molar-refractivity contribution in [2.45, 2.75) is 6.54 Å². The minimum atomic E-state index is -0.399. The second kappa shape index (κ2) is 7.44. The minimum Gasteiger partial charge on any atom is -0.323 e. The number of hydrogen-bond acceptors (Lipinski definition) is 5. The molecule has 0 saturated carbocycles. The van der Waals surface area contributed by atoms with Crippen LogP contribution < -0.4 is 15.8 Å². The summed E-state index contributed by atoms with van der Waals surface area (Å²) in [7, 11) is 0. The number of thiophene rings is 1. The molecular weight excluding hydrogens is 419 g/mol. The molecule has 1 N–H and O–H groups in total. The van der Waals surface area contributed by atoms with Crippen molar-refractivity contribution in [1.82, 2.24) is 9.55 Å². The number of nitrogens with one attached hydrogen (secondary N) is 1. The van der Waals surface area contributed by atoms with E-state index in [9.17, 15) is 18.8 Å². The predicted molar refractivity (Wildman–Crippen MR) is 117 cm³/mol. The fourth-order valence-electron chi connectivity index (χ4n) is 3.61. The van der Waals surface area contributed by atoms with Gasteiger partial charge in [0.15, 0.2) is 0 Å². The van der Waals surface area contributed by atoms with Crippen molar-refractivity contribution in [2.75, 3.05) is 16.8 Å². The molecule has 0 spiro atoms. The third kappa shape index (κ3) is 3.38. The van der Waals surface area contributed by atoms with Crippen LogP contribution in [0.2, 0.25) is 0 Å². The van der Waals surface area contributed by atoms with Crippen molar-refractivity contribution in [3.05, 3.63) is 76.4 Å². The molecule has 0 radical (unpaired) electrons. The monoisotopic (exact) mass is 434 g/mol. The number of benzene rings is 2. The van der Waals surface area contributed by atoms with Gasteiger partial charge >= 0.3 is 0 Å². The molecule has 0 bridgehead atoms. The van der Waals surface area contributed by atoms with Crippen LogP contribution in [0.4, 0.5) is 15.8 Å². The number of amides is 2. The lowest BCUT2D eigenvalue weighted by Gasteiger charge is -2.29. The minimum absolute atomic E-state index is 0.125. The number of nitrogens with zero attached hydrogens (tertiary/aromatic N) is 3. The fourth-order valence-corrected chi connectivity index (χ4v) is 4.52. The molecule has 1 aliphatic heterocycles. The molecule has 0 fully saturated rings. The molecule has 1 aliphatic rings. The number of para-hydroxylation sites is 2. The third-order valence-corrected chi connectivity index (χ3v) is 5.98. The summed E-state index contributed by atoms with van der Waals surface area (Å²) < 4.78 is 14.5. The van der Waals surface area contributed by atoms with Crippen molar-refractivity contribution < 1.29 is 14.0 Å². The molecule has 154 valence electrons. The topological polar surface area (TPSA) is 84.3 Å². The van der Waals surface area contributed by atoms with E-state index in [0.29, 0.717) is 32.7 Å². The van der Waals surface area contributed by atoms with E-state index >= 15 is 0 Å². The van der Waals surface area contributed by atoms with Gasteiger partial charge in [-0.3, -0.25) is 23.9 Å². The average Bonchev–Trinajstić information content (AvgIpc) is 3.20. The largest absolute Gasteiger partial charge is 0.323 e. The summed E-state index contributed by atoms with van der Waals surface area (Å²) in [6, 6.07) is 12.9. The zero-order chi connectivity index (χ0) is 21.5. The summed E-state index contributed by atoms with van der Waals surface area (Å²) in [6.45, 7) is -0.387. The zero-order valence-corrected chi connectivity index (χ0v) is 16.9. The molecule has 3 heterocycles. The van der Waals surface area contributed by atoms with E-state index in [1.165, 1.54) is 39.3 Å². The van der Waals surface area contributed by atoms with Crippen molar-refractivity contribution in [2.24, 2.45) is 0 Å². The Morgan fingerprint density at radius 2 is 1.90 bits per heavy atom. The highest BCUT2D eigenvalue weighted by atomic mass is 32.1. The summed E-state index contributed by atoms with van der Waals surface area (Å²) in [5.74, 6) is -1.07. The Labute approximate surface area is 179 Å². The lowest BCUT2D eigenvalue weighted by atomic mass is 10.1. The molecule has 5 rings (SSSR count). The highest BCUT2D eigenvalue weighted by Gasteiger charge is 2.27. The van der Waals surface area contributed by atoms with E-state index in [4.69, 9.17) is 0 Å². The quantitative estimate of drug-likeness (QED) is 0.537. The summed E-state index contributed by atoms with van der Waals surface area (Å²) in [4.78, 5) is 44.4. The number of anilines is 2. The van der Waals surface area contributed by atoms with Gasteiger partial charge in [0.05, 0.1) is 23.1 Å². The van der Waals surface area contributed by atoms with E-state index in [1.54, 1.807) is 41.8 Å². The van der Waals surface area contributed by atoms with Gasteiger partial charge in [0.2, 0.25) is 11.8 Å². The number of aromatic nitrogens is 2. The number of fused-ring (bicyclic) bond motifs is 2. The summed E-state index contributed by atoms with van der Waals surface area (Å²) in [5, 5.41) is 4.90. The van der Waals surface area contributed by atoms with E-state index in [2.05, 4.69) is 10.3 Å². The number of halogens is 1. The maximum atomic E-state index is 13.3. The second-order valence-corrected chi connectivity index (χ2v) is 7.92. The molecular formula is C22H15FN4O3S. The zero-order valence-electron chi connectivity index (χ0n) is 16.0. The molecule has 31 heavy (non-hydrogen) atoms. The highest BCUT2D eigenvalue weighted by molar-refractivity contribution is 7.17. The van der Waals surface area contributed by atoms with Crippen LogP contribution in [0.1, 0.15) is 0 Å². The van der Waals surface area contributed by atoms with Crippen LogP contribution in [0.15, 0.2) is 65.0 Å². The Morgan fingerprint density at radius 1 is 1.13 bits per heavy atom. The Bertz CT molecular complexity index is 1390. The van der Waals surface area contributed by atoms with E-state index in [0.717, 1.165) is 0 Å². The normalized spacial score (nSPS) is 13.2. The van der Waals surface area contributed by atoms with Crippen LogP contribution in [0, 0.1) is 5.82 Å². The molecule has 2 amide bonds. The number of carbonyl (C=O) groups is 2. The molecule has 2 aromatic carbocycles. The SMILES string of the molecule is O=C1CN(C(=O)Cn2cnc3scc(-c4ccc(F)cc4)c3c2=O)c2ccccc2N1. The smallest absolute Gasteiger partial charge is 0.263 e. The first-order chi connectivity index (χ1) is 15.0. The predicted octanol–water partition coefficient (Wildman–Crippen LogP) is 3.25. The number of carbonyl (C=O) groups excluding carboxylic acids is 2. The average molecular weight is 434 g/mol. The van der Waals surface area contributed by atoms with Crippen LogP contribution in [-0.2, 0) is 16.1 Å². The first-order valence-electron chi connectivity index (χ1n) is 9.43. The van der Waals surface area contributed by atoms with Crippen LogP contribution >= 0.6 is 11.3 Å². The van der Waals surface area contributed by atoms with Crippen LogP contribution in [0.5, 0.6) is 0 Å². The van der Waals surface area contributed by atoms with Crippen molar-refractivity contribution in [3.8, 4) is 11.1 Å². The van der Waals surface area contributed by atoms with Gasteiger partial charge in [0.25, 0.3) is 5.56 Å². The molecule has 0 aliphatic carbocycles. The first-order valence-corrected chi connectivity index (χ1v) is 10.3. The standard InChI is InChI=1S/C22H15FN4O3S/c23-14-7-5-13(6-8-14)15-11-31-21-20(15)22(30)26(12-24-21)10-19(29)27-9-18(28)25-16-3-1-2-4-17(16)27/h1-8,11-12H,9-10H2,(H,25,28). The second-order valence-electron chi connectivity index (χ2n) is 7.06. The highest BCUT2D eigenvalue weighted by Crippen LogP contribution is 2.31. The van der Waals surface area contributed by atoms with Crippen LogP contribution in [-0.4, -0.2) is 27.9 Å². The Hall–Kier alpha value is -3.85. The Morgan fingerprint density at radius 3 is 2.71 bits per heavy atom. The van der Waals surface area contributed by atoms with Crippen LogP contribution in [0.25, 0.3) is 21.3 Å². The van der Waals surface area contributed by atoms with Gasteiger partial charge in [-0.25, -0.2) is 9.37 Å². The molecule has 7 nitrogen and oxygen atoms in total. The van der Waals surface area contributed by atoms with Gasteiger partial charge in [0, 0.05) is 10.9 Å². The van der Waals surface area contributed by atoms with E-state index < -0.39 is 5.91 Å². The summed E-state index contributed by atoms with van der Waals surface area (Å²) >= 11 is 1.31. The van der Waals surface area contributed by atoms with Gasteiger partial charge in [0.1, 0.15) is 23.7 Å². The Kier molecular flexibility index (Phi) is 4.59. The maximum Gasteiger partial charge on any atom is 0.263 e. The van der Waals surface area contributed by atoms with E-state index in [-0.39, 0.29) is 30.4 Å². The van der Waals surface area contributed by atoms with Crippen molar-refractivity contribution in [3.63, 3.8) is 0 Å². The van der Waals surface area contributed by atoms with Gasteiger partial charge in [-0.1, -0.05) is 24.3 Å². The maximum absolute atomic E-state index is 13.3. The molecule has 9 heteroatoms. The third-order valence-electron chi connectivity index (χ3n) is 5.09. The van der Waals surface area contributed by atoms with E-state index in [1.807, 2.05) is 0 Å². The lowest BCUT2D eigenvalue weighted by molar-refractivity contribution is -0.122. The number of hydrogen-bond donors (Lipinski definition) is 1. The van der Waals surface area contributed by atoms with Gasteiger partial charge in [-0.05, 0) is 29.8 Å². The van der Waals surface area contributed by atoms with Gasteiger partial charge < -0.3 is 5.32 Å². The van der Waals surface area contributed by atoms with Gasteiger partial charge in [-0.15, -0.1) is 11.3 Å². The molecule has 2 aromatic heterocycles. The Balaban J connectivity index is 1.52. The fraction of sp³-hybridized carbons (Fsp3) is 0.0909. The summed E-state index contributed by atoms with van der Waals surface area (Å²) in [6.07, 6.45) is 1.34. The summed E-state index contributed by atoms with van der Waals surface area (Å²) in [5.41, 5.74) is 2.09. The molecule has 0 unspecified atom stereocenters.